The second-order valence-electron chi connectivity index (χ2n) is 13.0. The average molecular weight is 691 g/mol. The summed E-state index contributed by atoms with van der Waals surface area (Å²) in [6.07, 6.45) is 2.05. The molecule has 0 bridgehead atoms. The lowest BCUT2D eigenvalue weighted by Crippen LogP contribution is -2.47. The van der Waals surface area contributed by atoms with Crippen LogP contribution in [0.25, 0.3) is 0 Å². The number of carbonyl (C=O) groups is 3. The molecule has 0 aliphatic carbocycles. The fraction of sp³-hybridized carbons (Fsp3) is 0.447. The largest absolute Gasteiger partial charge is 0.497 e. The number of ether oxygens (including phenoxy) is 3. The molecule has 4 N–H and O–H groups in total. The quantitative estimate of drug-likeness (QED) is 0.202. The SMILES string of the molecule is COc1ccc(NC(=O)Nc2ccc3c(c2)C(=O)N([C@H](C)CO)C[C@@H](C)[C@H](CN(C)Cc2ccc(C(=O)O)cc2)OCCCC[C@@H](C)O3)cc1. The van der Waals surface area contributed by atoms with Crippen LogP contribution in [0.2, 0.25) is 0 Å². The van der Waals surface area contributed by atoms with Gasteiger partial charge in [-0.3, -0.25) is 9.69 Å². The molecule has 0 aromatic heterocycles. The standard InChI is InChI=1S/C38H50N4O8/c1-25-21-42(26(2)24-43)36(44)33-20-31(40-38(47)39-30-13-16-32(48-5)17-14-30)15-18-34(33)50-27(3)8-6-7-19-49-35(25)23-41(4)22-28-9-11-29(12-10-28)37(45)46/h9-18,20,25-27,35,43H,6-8,19,21-24H2,1-5H3,(H,45,46)(H2,39,40,47)/t25-,26-,27-,35+/m1/s1. The van der Waals surface area contributed by atoms with Gasteiger partial charge in [0.15, 0.2) is 0 Å². The molecule has 1 heterocycles. The van der Waals surface area contributed by atoms with E-state index in [1.165, 1.54) is 0 Å². The normalized spacial score (nSPS) is 19.5. The summed E-state index contributed by atoms with van der Waals surface area (Å²) < 4.78 is 17.9. The zero-order chi connectivity index (χ0) is 36.2. The third-order valence-electron chi connectivity index (χ3n) is 8.80. The van der Waals surface area contributed by atoms with Gasteiger partial charge in [0.2, 0.25) is 0 Å². The summed E-state index contributed by atoms with van der Waals surface area (Å²) in [4.78, 5) is 42.3. The van der Waals surface area contributed by atoms with Gasteiger partial charge in [0, 0.05) is 43.5 Å². The summed E-state index contributed by atoms with van der Waals surface area (Å²) in [7, 11) is 3.56. The van der Waals surface area contributed by atoms with E-state index in [0.717, 1.165) is 24.8 Å². The number of anilines is 2. The number of carboxylic acid groups (broad SMARTS) is 1. The Balaban J connectivity index is 1.56. The van der Waals surface area contributed by atoms with Gasteiger partial charge in [-0.05, 0) is 100 Å². The van der Waals surface area contributed by atoms with Crippen molar-refractivity contribution < 1.29 is 38.8 Å². The van der Waals surface area contributed by atoms with Gasteiger partial charge in [-0.2, -0.15) is 0 Å². The maximum atomic E-state index is 14.4. The molecule has 0 radical (unpaired) electrons. The van der Waals surface area contributed by atoms with Crippen molar-refractivity contribution in [3.05, 3.63) is 83.4 Å². The minimum Gasteiger partial charge on any atom is -0.497 e. The van der Waals surface area contributed by atoms with Crippen LogP contribution in [0.3, 0.4) is 0 Å². The van der Waals surface area contributed by atoms with E-state index in [2.05, 4.69) is 15.5 Å². The molecule has 3 aromatic rings. The summed E-state index contributed by atoms with van der Waals surface area (Å²) in [6, 6.07) is 17.8. The third kappa shape index (κ3) is 10.9. The first kappa shape index (κ1) is 38.2. The third-order valence-corrected chi connectivity index (χ3v) is 8.80. The highest BCUT2D eigenvalue weighted by Gasteiger charge is 2.30. The summed E-state index contributed by atoms with van der Waals surface area (Å²) in [5, 5.41) is 25.1. The van der Waals surface area contributed by atoms with Gasteiger partial charge in [-0.1, -0.05) is 19.1 Å². The summed E-state index contributed by atoms with van der Waals surface area (Å²) in [5.74, 6) is -0.338. The minimum absolute atomic E-state index is 0.118. The van der Waals surface area contributed by atoms with Crippen LogP contribution in [0.4, 0.5) is 16.2 Å². The van der Waals surface area contributed by atoms with Gasteiger partial charge in [-0.15, -0.1) is 0 Å². The Labute approximate surface area is 294 Å². The molecule has 3 amide bonds. The second-order valence-corrected chi connectivity index (χ2v) is 13.0. The Bertz CT molecular complexity index is 1570. The highest BCUT2D eigenvalue weighted by atomic mass is 16.5. The highest BCUT2D eigenvalue weighted by molar-refractivity contribution is 6.02. The minimum atomic E-state index is -0.964. The highest BCUT2D eigenvalue weighted by Crippen LogP contribution is 2.29. The number of hydrogen-bond acceptors (Lipinski definition) is 8. The lowest BCUT2D eigenvalue weighted by Gasteiger charge is -2.36. The topological polar surface area (TPSA) is 150 Å². The smallest absolute Gasteiger partial charge is 0.335 e. The van der Waals surface area contributed by atoms with Crippen molar-refractivity contribution in [3.8, 4) is 11.5 Å². The number of likely N-dealkylation sites (N-methyl/N-ethyl adjacent to an activating group) is 1. The molecular formula is C38H50N4O8. The molecule has 3 aromatic carbocycles. The van der Waals surface area contributed by atoms with Crippen LogP contribution in [0.15, 0.2) is 66.7 Å². The summed E-state index contributed by atoms with van der Waals surface area (Å²) >= 11 is 0. The number of carbonyl (C=O) groups excluding carboxylic acids is 2. The number of urea groups is 1. The van der Waals surface area contributed by atoms with Gasteiger partial charge in [-0.25, -0.2) is 9.59 Å². The van der Waals surface area contributed by atoms with Crippen molar-refractivity contribution in [2.24, 2.45) is 5.92 Å². The lowest BCUT2D eigenvalue weighted by molar-refractivity contribution is -0.0177. The van der Waals surface area contributed by atoms with Crippen molar-refractivity contribution in [2.75, 3.05) is 51.1 Å². The number of carboxylic acids is 1. The number of fused-ring (bicyclic) bond motifs is 1. The van der Waals surface area contributed by atoms with Crippen LogP contribution >= 0.6 is 0 Å². The van der Waals surface area contributed by atoms with Crippen LogP contribution < -0.4 is 20.1 Å². The Kier molecular flexibility index (Phi) is 14.0. The number of nitrogens with one attached hydrogen (secondary N) is 2. The molecular weight excluding hydrogens is 640 g/mol. The van der Waals surface area contributed by atoms with E-state index in [4.69, 9.17) is 14.2 Å². The molecule has 0 spiro atoms. The first-order valence-corrected chi connectivity index (χ1v) is 17.0. The molecule has 0 saturated heterocycles. The number of aliphatic hydroxyl groups is 1. The maximum absolute atomic E-state index is 14.4. The van der Waals surface area contributed by atoms with Crippen molar-refractivity contribution in [3.63, 3.8) is 0 Å². The first-order chi connectivity index (χ1) is 24.0. The Morgan fingerprint density at radius 2 is 1.70 bits per heavy atom. The Morgan fingerprint density at radius 1 is 1.02 bits per heavy atom. The van der Waals surface area contributed by atoms with Gasteiger partial charge >= 0.3 is 12.0 Å². The van der Waals surface area contributed by atoms with Crippen LogP contribution in [-0.4, -0.2) is 96.6 Å². The predicted octanol–water partition coefficient (Wildman–Crippen LogP) is 5.96. The summed E-state index contributed by atoms with van der Waals surface area (Å²) in [6.45, 7) is 7.57. The van der Waals surface area contributed by atoms with Gasteiger partial charge in [0.25, 0.3) is 5.91 Å². The van der Waals surface area contributed by atoms with Crippen molar-refractivity contribution >= 4 is 29.3 Å². The van der Waals surface area contributed by atoms with E-state index in [1.54, 1.807) is 73.5 Å². The number of hydrogen-bond donors (Lipinski definition) is 4. The van der Waals surface area contributed by atoms with Crippen LogP contribution in [0.5, 0.6) is 11.5 Å². The molecule has 1 aliphatic heterocycles. The number of rotatable bonds is 10. The number of aromatic carboxylic acids is 1. The fourth-order valence-corrected chi connectivity index (χ4v) is 5.87. The zero-order valence-corrected chi connectivity index (χ0v) is 29.6. The zero-order valence-electron chi connectivity index (χ0n) is 29.6. The van der Waals surface area contributed by atoms with Crippen LogP contribution in [0.1, 0.15) is 66.3 Å². The number of benzene rings is 3. The Morgan fingerprint density at radius 3 is 2.36 bits per heavy atom. The monoisotopic (exact) mass is 690 g/mol. The van der Waals surface area contributed by atoms with Crippen molar-refractivity contribution in [1.29, 1.82) is 0 Å². The molecule has 12 nitrogen and oxygen atoms in total. The van der Waals surface area contributed by atoms with Crippen LogP contribution in [0, 0.1) is 5.92 Å². The molecule has 50 heavy (non-hydrogen) atoms. The molecule has 270 valence electrons. The molecule has 1 aliphatic rings. The lowest BCUT2D eigenvalue weighted by atomic mass is 10.0. The van der Waals surface area contributed by atoms with Gasteiger partial charge in [0.05, 0.1) is 43.1 Å². The van der Waals surface area contributed by atoms with Crippen LogP contribution in [-0.2, 0) is 11.3 Å². The van der Waals surface area contributed by atoms with Crippen molar-refractivity contribution in [2.45, 2.75) is 64.8 Å². The molecule has 12 heteroatoms. The average Bonchev–Trinajstić information content (AvgIpc) is 3.10. The van der Waals surface area contributed by atoms with Gasteiger partial charge < -0.3 is 40.0 Å². The number of nitrogens with zero attached hydrogens (tertiary/aromatic N) is 2. The fourth-order valence-electron chi connectivity index (χ4n) is 5.87. The molecule has 0 fully saturated rings. The van der Waals surface area contributed by atoms with E-state index in [1.807, 2.05) is 33.0 Å². The molecule has 4 rings (SSSR count). The van der Waals surface area contributed by atoms with E-state index >= 15 is 0 Å². The van der Waals surface area contributed by atoms with Gasteiger partial charge in [0.1, 0.15) is 11.5 Å². The molecule has 0 unspecified atom stereocenters. The van der Waals surface area contributed by atoms with E-state index in [0.29, 0.717) is 49.1 Å². The number of methoxy groups -OCH3 is 1. The summed E-state index contributed by atoms with van der Waals surface area (Å²) in [5.41, 5.74) is 2.48. The first-order valence-electron chi connectivity index (χ1n) is 17.0. The molecule has 0 saturated carbocycles. The Hall–Kier alpha value is -4.65. The molecule has 4 atom stereocenters. The number of amides is 3. The predicted molar refractivity (Wildman–Crippen MR) is 192 cm³/mol. The second kappa shape index (κ2) is 18.4. The van der Waals surface area contributed by atoms with E-state index in [-0.39, 0.29) is 41.8 Å². The maximum Gasteiger partial charge on any atom is 0.335 e. The van der Waals surface area contributed by atoms with Crippen molar-refractivity contribution in [1.82, 2.24) is 9.80 Å². The number of aliphatic hydroxyl groups excluding tert-OH is 1. The van der Waals surface area contributed by atoms with E-state index < -0.39 is 18.0 Å². The van der Waals surface area contributed by atoms with E-state index in [9.17, 15) is 24.6 Å².